The van der Waals surface area contributed by atoms with Gasteiger partial charge >= 0.3 is 0 Å². The van der Waals surface area contributed by atoms with Gasteiger partial charge < -0.3 is 9.74 Å². The molecule has 1 atom stereocenters. The zero-order valence-electron chi connectivity index (χ0n) is 17.1. The minimum absolute atomic E-state index is 0.0434. The van der Waals surface area contributed by atoms with E-state index < -0.39 is 17.5 Å². The lowest BCUT2D eigenvalue weighted by molar-refractivity contribution is 0.0402. The van der Waals surface area contributed by atoms with E-state index in [0.29, 0.717) is 12.0 Å². The monoisotopic (exact) mass is 420 g/mol. The van der Waals surface area contributed by atoms with Crippen LogP contribution in [-0.2, 0) is 11.4 Å². The van der Waals surface area contributed by atoms with Crippen LogP contribution in [0.2, 0.25) is 0 Å². The maximum atomic E-state index is 14.3. The first-order valence-corrected chi connectivity index (χ1v) is 10.1. The highest BCUT2D eigenvalue weighted by atomic mass is 19.1. The van der Waals surface area contributed by atoms with E-state index in [2.05, 4.69) is 5.16 Å². The number of carbonyl (C=O) groups excluding carboxylic acids is 1. The van der Waals surface area contributed by atoms with Gasteiger partial charge in [0, 0.05) is 24.1 Å². The van der Waals surface area contributed by atoms with Crippen molar-refractivity contribution in [2.45, 2.75) is 26.0 Å². The summed E-state index contributed by atoms with van der Waals surface area (Å²) in [6.07, 6.45) is 0.147. The Labute approximate surface area is 179 Å². The van der Waals surface area contributed by atoms with Gasteiger partial charge in [-0.3, -0.25) is 4.79 Å². The molecule has 0 saturated carbocycles. The van der Waals surface area contributed by atoms with Crippen LogP contribution >= 0.6 is 0 Å². The summed E-state index contributed by atoms with van der Waals surface area (Å²) in [4.78, 5) is 20.2. The molecule has 6 heteroatoms. The number of hydrogen-bond acceptors (Lipinski definition) is 3. The van der Waals surface area contributed by atoms with E-state index in [9.17, 15) is 13.6 Å². The van der Waals surface area contributed by atoms with Crippen molar-refractivity contribution in [3.05, 3.63) is 107 Å². The highest BCUT2D eigenvalue weighted by Gasteiger charge is 2.28. The minimum atomic E-state index is -0.501. The molecule has 0 saturated heterocycles. The summed E-state index contributed by atoms with van der Waals surface area (Å²) in [7, 11) is 0. The second kappa shape index (κ2) is 9.08. The fourth-order valence-corrected chi connectivity index (χ4v) is 3.54. The van der Waals surface area contributed by atoms with Crippen molar-refractivity contribution in [2.24, 2.45) is 5.16 Å². The molecule has 158 valence electrons. The lowest BCUT2D eigenvalue weighted by Crippen LogP contribution is -2.37. The van der Waals surface area contributed by atoms with Gasteiger partial charge in [-0.05, 0) is 36.8 Å². The Morgan fingerprint density at radius 1 is 1.06 bits per heavy atom. The molecule has 1 aliphatic rings. The molecule has 3 aromatic rings. The predicted octanol–water partition coefficient (Wildman–Crippen LogP) is 5.11. The maximum Gasteiger partial charge on any atom is 0.254 e. The van der Waals surface area contributed by atoms with Crippen LogP contribution < -0.4 is 0 Å². The van der Waals surface area contributed by atoms with Gasteiger partial charge in [0.1, 0.15) is 11.6 Å². The Morgan fingerprint density at radius 2 is 1.84 bits per heavy atom. The molecule has 1 amide bonds. The SMILES string of the molecule is Cc1ccc(C2=NOC(CN(Cc3ccccc3F)C(=O)c3cccc(F)c3)C2)cc1. The molecule has 1 unspecified atom stereocenters. The molecule has 0 radical (unpaired) electrons. The molecule has 4 nitrogen and oxygen atoms in total. The Balaban J connectivity index is 1.53. The quantitative estimate of drug-likeness (QED) is 0.556. The molecule has 0 bridgehead atoms. The van der Waals surface area contributed by atoms with Gasteiger partial charge in [0.25, 0.3) is 5.91 Å². The molecule has 4 rings (SSSR count). The van der Waals surface area contributed by atoms with E-state index in [-0.39, 0.29) is 24.8 Å². The average molecular weight is 420 g/mol. The van der Waals surface area contributed by atoms with E-state index in [0.717, 1.165) is 16.8 Å². The summed E-state index contributed by atoms with van der Waals surface area (Å²) in [5, 5.41) is 4.19. The van der Waals surface area contributed by atoms with E-state index in [1.165, 1.54) is 29.2 Å². The summed E-state index contributed by atoms with van der Waals surface area (Å²) in [6.45, 7) is 2.25. The topological polar surface area (TPSA) is 41.9 Å². The molecular weight excluding hydrogens is 398 g/mol. The third-order valence-electron chi connectivity index (χ3n) is 5.22. The fourth-order valence-electron chi connectivity index (χ4n) is 3.54. The van der Waals surface area contributed by atoms with E-state index in [1.807, 2.05) is 31.2 Å². The Bertz CT molecular complexity index is 1110. The van der Waals surface area contributed by atoms with Crippen molar-refractivity contribution in [3.63, 3.8) is 0 Å². The number of carbonyl (C=O) groups is 1. The number of rotatable bonds is 6. The number of halogens is 2. The van der Waals surface area contributed by atoms with Crippen LogP contribution in [0.25, 0.3) is 0 Å². The molecule has 0 N–H and O–H groups in total. The first kappa shape index (κ1) is 20.7. The lowest BCUT2D eigenvalue weighted by atomic mass is 10.0. The number of amides is 1. The van der Waals surface area contributed by atoms with Crippen LogP contribution in [0, 0.1) is 18.6 Å². The van der Waals surface area contributed by atoms with Crippen molar-refractivity contribution in [1.29, 1.82) is 0 Å². The zero-order chi connectivity index (χ0) is 21.8. The Kier molecular flexibility index (Phi) is 6.07. The molecule has 1 heterocycles. The summed E-state index contributed by atoms with van der Waals surface area (Å²) in [6, 6.07) is 19.7. The van der Waals surface area contributed by atoms with Crippen molar-refractivity contribution < 1.29 is 18.4 Å². The van der Waals surface area contributed by atoms with Crippen molar-refractivity contribution >= 4 is 11.6 Å². The summed E-state index contributed by atoms with van der Waals surface area (Å²) >= 11 is 0. The van der Waals surface area contributed by atoms with Crippen molar-refractivity contribution in [1.82, 2.24) is 4.90 Å². The predicted molar refractivity (Wildman–Crippen MR) is 115 cm³/mol. The molecule has 0 spiro atoms. The van der Waals surface area contributed by atoms with Crippen LogP contribution in [-0.4, -0.2) is 29.2 Å². The number of benzene rings is 3. The maximum absolute atomic E-state index is 14.3. The van der Waals surface area contributed by atoms with Gasteiger partial charge in [-0.25, -0.2) is 8.78 Å². The smallest absolute Gasteiger partial charge is 0.254 e. The highest BCUT2D eigenvalue weighted by molar-refractivity contribution is 6.01. The largest absolute Gasteiger partial charge is 0.390 e. The third kappa shape index (κ3) is 4.97. The van der Waals surface area contributed by atoms with Gasteiger partial charge in [-0.1, -0.05) is 59.3 Å². The second-order valence-corrected chi connectivity index (χ2v) is 7.62. The third-order valence-corrected chi connectivity index (χ3v) is 5.22. The molecule has 3 aromatic carbocycles. The van der Waals surface area contributed by atoms with Gasteiger partial charge in [-0.15, -0.1) is 0 Å². The number of nitrogens with zero attached hydrogens (tertiary/aromatic N) is 2. The van der Waals surface area contributed by atoms with Gasteiger partial charge in [0.15, 0.2) is 6.10 Å². The van der Waals surface area contributed by atoms with E-state index in [4.69, 9.17) is 4.84 Å². The number of aryl methyl sites for hydroxylation is 1. The molecular formula is C25H22F2N2O2. The van der Waals surface area contributed by atoms with Crippen molar-refractivity contribution in [3.8, 4) is 0 Å². The normalized spacial score (nSPS) is 15.3. The second-order valence-electron chi connectivity index (χ2n) is 7.62. The average Bonchev–Trinajstić information content (AvgIpc) is 3.23. The van der Waals surface area contributed by atoms with Crippen LogP contribution in [0.1, 0.15) is 33.5 Å². The van der Waals surface area contributed by atoms with Crippen molar-refractivity contribution in [2.75, 3.05) is 6.54 Å². The molecule has 0 aromatic heterocycles. The molecule has 1 aliphatic heterocycles. The minimum Gasteiger partial charge on any atom is -0.390 e. The van der Waals surface area contributed by atoms with Crippen LogP contribution in [0.3, 0.4) is 0 Å². The Hall–Kier alpha value is -3.54. The van der Waals surface area contributed by atoms with Gasteiger partial charge in [0.05, 0.1) is 12.3 Å². The van der Waals surface area contributed by atoms with Gasteiger partial charge in [-0.2, -0.15) is 0 Å². The lowest BCUT2D eigenvalue weighted by Gasteiger charge is -2.25. The van der Waals surface area contributed by atoms with E-state index >= 15 is 0 Å². The molecule has 0 fully saturated rings. The zero-order valence-corrected chi connectivity index (χ0v) is 17.1. The van der Waals surface area contributed by atoms with Crippen LogP contribution in [0.5, 0.6) is 0 Å². The summed E-state index contributed by atoms with van der Waals surface area (Å²) in [5.41, 5.74) is 3.50. The van der Waals surface area contributed by atoms with Crippen LogP contribution in [0.15, 0.2) is 78.0 Å². The number of hydrogen-bond donors (Lipinski definition) is 0. The first-order chi connectivity index (χ1) is 15.0. The summed E-state index contributed by atoms with van der Waals surface area (Å²) in [5.74, 6) is -1.29. The molecule has 0 aliphatic carbocycles. The highest BCUT2D eigenvalue weighted by Crippen LogP contribution is 2.21. The Morgan fingerprint density at radius 3 is 2.58 bits per heavy atom. The van der Waals surface area contributed by atoms with E-state index in [1.54, 1.807) is 24.3 Å². The van der Waals surface area contributed by atoms with Gasteiger partial charge in [0.2, 0.25) is 0 Å². The van der Waals surface area contributed by atoms with Crippen LogP contribution in [0.4, 0.5) is 8.78 Å². The summed E-state index contributed by atoms with van der Waals surface area (Å²) < 4.78 is 27.9. The standard InChI is InChI=1S/C25H22F2N2O2/c1-17-9-11-18(12-10-17)24-14-22(31-28-24)16-29(15-20-5-2-3-8-23(20)27)25(30)19-6-4-7-21(26)13-19/h2-13,22H,14-16H2,1H3. The molecule has 31 heavy (non-hydrogen) atoms. The first-order valence-electron chi connectivity index (χ1n) is 10.1. The number of oxime groups is 1. The fraction of sp³-hybridized carbons (Fsp3) is 0.200.